The average Bonchev–Trinajstić information content (AvgIpc) is 3.18. The topological polar surface area (TPSA) is 80.4 Å². The van der Waals surface area contributed by atoms with Gasteiger partial charge in [-0.25, -0.2) is 4.39 Å². The summed E-state index contributed by atoms with van der Waals surface area (Å²) in [6, 6.07) is 15.8. The molecule has 4 aromatic rings. The number of benzene rings is 3. The lowest BCUT2D eigenvalue weighted by atomic mass is 10.0. The summed E-state index contributed by atoms with van der Waals surface area (Å²) in [4.78, 5) is 27.6. The first kappa shape index (κ1) is 25.9. The highest BCUT2D eigenvalue weighted by Crippen LogP contribution is 2.29. The van der Waals surface area contributed by atoms with Crippen molar-refractivity contribution in [2.45, 2.75) is 46.6 Å². The second-order valence-corrected chi connectivity index (χ2v) is 9.36. The van der Waals surface area contributed by atoms with Crippen LogP contribution in [-0.4, -0.2) is 24.0 Å². The molecular formula is C30H31FN2O4. The van der Waals surface area contributed by atoms with E-state index in [0.29, 0.717) is 41.0 Å². The number of hydrogen-bond donors (Lipinski definition) is 2. The van der Waals surface area contributed by atoms with Crippen LogP contribution in [0, 0.1) is 26.6 Å². The Kier molecular flexibility index (Phi) is 7.62. The van der Waals surface area contributed by atoms with Crippen LogP contribution in [0.5, 0.6) is 11.5 Å². The van der Waals surface area contributed by atoms with Gasteiger partial charge < -0.3 is 19.8 Å². The van der Waals surface area contributed by atoms with Crippen LogP contribution in [0.3, 0.4) is 0 Å². The highest BCUT2D eigenvalue weighted by atomic mass is 19.1. The van der Waals surface area contributed by atoms with Crippen molar-refractivity contribution in [2.24, 2.45) is 0 Å². The molecule has 0 fully saturated rings. The molecule has 0 saturated carbocycles. The van der Waals surface area contributed by atoms with E-state index in [-0.39, 0.29) is 23.7 Å². The van der Waals surface area contributed by atoms with E-state index >= 15 is 0 Å². The molecule has 0 bridgehead atoms. The molecule has 0 saturated heterocycles. The van der Waals surface area contributed by atoms with Gasteiger partial charge in [-0.05, 0) is 104 Å². The van der Waals surface area contributed by atoms with E-state index in [2.05, 4.69) is 10.3 Å². The summed E-state index contributed by atoms with van der Waals surface area (Å²) in [5.41, 5.74) is 5.83. The first-order chi connectivity index (χ1) is 17.6. The minimum atomic E-state index is -0.340. The monoisotopic (exact) mass is 502 g/mol. The molecule has 4 rings (SSSR count). The van der Waals surface area contributed by atoms with Gasteiger partial charge in [0, 0.05) is 17.3 Å². The average molecular weight is 503 g/mol. The minimum absolute atomic E-state index is 0.234. The normalized spacial score (nSPS) is 11.8. The van der Waals surface area contributed by atoms with E-state index in [1.165, 1.54) is 19.2 Å². The SMILES string of the molecule is COC(=O)CCc1ccc(Oc2cc(C)cc(C(C)NC(=O)c3[nH]c4ccc(F)cc4c3C)c2)cc1C. The summed E-state index contributed by atoms with van der Waals surface area (Å²) < 4.78 is 24.5. The van der Waals surface area contributed by atoms with Crippen molar-refractivity contribution in [3.8, 4) is 11.5 Å². The fourth-order valence-corrected chi connectivity index (χ4v) is 4.45. The number of carbonyl (C=O) groups excluding carboxylic acids is 2. The number of hydrogen-bond acceptors (Lipinski definition) is 4. The molecule has 1 unspecified atom stereocenters. The number of carbonyl (C=O) groups is 2. The number of aryl methyl sites for hydroxylation is 4. The molecule has 0 aliphatic carbocycles. The number of nitrogens with one attached hydrogen (secondary N) is 2. The van der Waals surface area contributed by atoms with Gasteiger partial charge in [-0.15, -0.1) is 0 Å². The molecule has 192 valence electrons. The van der Waals surface area contributed by atoms with E-state index < -0.39 is 0 Å². The molecule has 37 heavy (non-hydrogen) atoms. The molecule has 0 aliphatic rings. The molecule has 2 N–H and O–H groups in total. The van der Waals surface area contributed by atoms with Crippen molar-refractivity contribution < 1.29 is 23.5 Å². The Labute approximate surface area is 215 Å². The Morgan fingerprint density at radius 1 is 1.00 bits per heavy atom. The first-order valence-corrected chi connectivity index (χ1v) is 12.2. The van der Waals surface area contributed by atoms with Gasteiger partial charge in [-0.2, -0.15) is 0 Å². The highest BCUT2D eigenvalue weighted by molar-refractivity contribution is 6.01. The van der Waals surface area contributed by atoms with E-state index in [1.807, 2.05) is 57.2 Å². The van der Waals surface area contributed by atoms with Gasteiger partial charge in [0.05, 0.1) is 13.2 Å². The van der Waals surface area contributed by atoms with Gasteiger partial charge in [-0.3, -0.25) is 9.59 Å². The van der Waals surface area contributed by atoms with Crippen LogP contribution in [0.25, 0.3) is 10.9 Å². The van der Waals surface area contributed by atoms with Crippen LogP contribution in [-0.2, 0) is 16.0 Å². The summed E-state index contributed by atoms with van der Waals surface area (Å²) in [5.74, 6) is 0.516. The zero-order valence-electron chi connectivity index (χ0n) is 21.7. The number of rotatable bonds is 8. The van der Waals surface area contributed by atoms with E-state index in [9.17, 15) is 14.0 Å². The summed E-state index contributed by atoms with van der Waals surface area (Å²) in [7, 11) is 1.39. The van der Waals surface area contributed by atoms with Gasteiger partial charge in [-0.1, -0.05) is 12.1 Å². The van der Waals surface area contributed by atoms with Crippen molar-refractivity contribution in [3.05, 3.63) is 93.9 Å². The van der Waals surface area contributed by atoms with Crippen LogP contribution in [0.1, 0.15) is 57.7 Å². The maximum absolute atomic E-state index is 13.7. The first-order valence-electron chi connectivity index (χ1n) is 12.2. The number of amides is 1. The maximum Gasteiger partial charge on any atom is 0.305 e. The van der Waals surface area contributed by atoms with Gasteiger partial charge in [0.15, 0.2) is 0 Å². The zero-order chi connectivity index (χ0) is 26.7. The number of fused-ring (bicyclic) bond motifs is 1. The maximum atomic E-state index is 13.7. The molecule has 6 nitrogen and oxygen atoms in total. The molecular weight excluding hydrogens is 471 g/mol. The molecule has 7 heteroatoms. The van der Waals surface area contributed by atoms with E-state index in [4.69, 9.17) is 9.47 Å². The predicted octanol–water partition coefficient (Wildman–Crippen LogP) is 6.62. The van der Waals surface area contributed by atoms with Gasteiger partial charge in [0.2, 0.25) is 0 Å². The zero-order valence-corrected chi connectivity index (χ0v) is 21.7. The molecule has 0 aliphatic heterocycles. The predicted molar refractivity (Wildman–Crippen MR) is 142 cm³/mol. The smallest absolute Gasteiger partial charge is 0.305 e. The largest absolute Gasteiger partial charge is 0.469 e. The molecule has 0 radical (unpaired) electrons. The lowest BCUT2D eigenvalue weighted by molar-refractivity contribution is -0.140. The number of ether oxygens (including phenoxy) is 2. The Bertz CT molecular complexity index is 1470. The van der Waals surface area contributed by atoms with Crippen LogP contribution in [0.4, 0.5) is 4.39 Å². The Balaban J connectivity index is 1.48. The fraction of sp³-hybridized carbons (Fsp3) is 0.267. The summed E-state index contributed by atoms with van der Waals surface area (Å²) in [5, 5.41) is 3.72. The van der Waals surface area contributed by atoms with Crippen LogP contribution in [0.2, 0.25) is 0 Å². The van der Waals surface area contributed by atoms with Crippen LogP contribution >= 0.6 is 0 Å². The third kappa shape index (κ3) is 6.00. The number of aromatic nitrogens is 1. The van der Waals surface area contributed by atoms with Crippen molar-refractivity contribution >= 4 is 22.8 Å². The van der Waals surface area contributed by atoms with Crippen molar-refractivity contribution in [2.75, 3.05) is 7.11 Å². The lowest BCUT2D eigenvalue weighted by Crippen LogP contribution is -2.27. The number of methoxy groups -OCH3 is 1. The number of H-pyrrole nitrogens is 1. The molecule has 1 atom stereocenters. The van der Waals surface area contributed by atoms with Gasteiger partial charge in [0.25, 0.3) is 5.91 Å². The quantitative estimate of drug-likeness (QED) is 0.265. The highest BCUT2D eigenvalue weighted by Gasteiger charge is 2.18. The number of halogens is 1. The Morgan fingerprint density at radius 3 is 2.51 bits per heavy atom. The van der Waals surface area contributed by atoms with Crippen molar-refractivity contribution in [1.29, 1.82) is 0 Å². The molecule has 1 aromatic heterocycles. The second kappa shape index (κ2) is 10.9. The second-order valence-electron chi connectivity index (χ2n) is 9.36. The fourth-order valence-electron chi connectivity index (χ4n) is 4.45. The van der Waals surface area contributed by atoms with Gasteiger partial charge >= 0.3 is 5.97 Å². The summed E-state index contributed by atoms with van der Waals surface area (Å²) in [6.07, 6.45) is 0.937. The van der Waals surface area contributed by atoms with Crippen molar-refractivity contribution in [3.63, 3.8) is 0 Å². The molecule has 1 amide bonds. The summed E-state index contributed by atoms with van der Waals surface area (Å²) in [6.45, 7) is 7.68. The standard InChI is InChI=1S/C30H31FN2O4/c1-17-12-22(20(4)32-30(35)29-19(3)26-16-23(31)8-10-27(26)33-29)15-25(13-17)37-24-9-6-21(18(2)14-24)7-11-28(34)36-5/h6,8-10,12-16,20,33H,7,11H2,1-5H3,(H,32,35). The van der Waals surface area contributed by atoms with E-state index in [1.54, 1.807) is 13.0 Å². The molecule has 0 spiro atoms. The number of esters is 1. The summed E-state index contributed by atoms with van der Waals surface area (Å²) >= 11 is 0. The lowest BCUT2D eigenvalue weighted by Gasteiger charge is -2.17. The van der Waals surface area contributed by atoms with Crippen LogP contribution < -0.4 is 10.1 Å². The molecule has 3 aromatic carbocycles. The third-order valence-electron chi connectivity index (χ3n) is 6.54. The number of aromatic amines is 1. The van der Waals surface area contributed by atoms with Crippen LogP contribution in [0.15, 0.2) is 54.6 Å². The molecule has 1 heterocycles. The van der Waals surface area contributed by atoms with Gasteiger partial charge in [0.1, 0.15) is 23.0 Å². The minimum Gasteiger partial charge on any atom is -0.469 e. The van der Waals surface area contributed by atoms with Crippen molar-refractivity contribution in [1.82, 2.24) is 10.3 Å². The third-order valence-corrected chi connectivity index (χ3v) is 6.54. The van der Waals surface area contributed by atoms with E-state index in [0.717, 1.165) is 27.8 Å². The Morgan fingerprint density at radius 2 is 1.78 bits per heavy atom. The Hall–Kier alpha value is -4.13.